The third-order valence-corrected chi connectivity index (χ3v) is 1.90. The van der Waals surface area contributed by atoms with E-state index in [-0.39, 0.29) is 123 Å². The Kier molecular flexibility index (Phi) is 21.7. The van der Waals surface area contributed by atoms with Gasteiger partial charge in [-0.1, -0.05) is 27.4 Å². The molecule has 0 aliphatic carbocycles. The molecule has 56 valence electrons. The van der Waals surface area contributed by atoms with Crippen LogP contribution in [0.25, 0.3) is 0 Å². The van der Waals surface area contributed by atoms with Crippen LogP contribution in [-0.4, -0.2) is 6.16 Å². The van der Waals surface area contributed by atoms with Crippen LogP contribution < -0.4 is 126 Å². The summed E-state index contributed by atoms with van der Waals surface area (Å²) in [6.45, 7) is 1.96. The van der Waals surface area contributed by atoms with E-state index in [0.717, 1.165) is 12.8 Å². The number of unbranched alkanes of at least 4 members (excludes halogenated alkanes) is 2. The molecule has 0 fully saturated rings. The van der Waals surface area contributed by atoms with E-state index in [0.29, 0.717) is 6.42 Å². The summed E-state index contributed by atoms with van der Waals surface area (Å²) in [5.74, 6) is 0. The normalized spacial score (nSPS) is 9.73. The van der Waals surface area contributed by atoms with Gasteiger partial charge >= 0.3 is 116 Å². The number of hydrogen-bond acceptors (Lipinski definition) is 3. The van der Waals surface area contributed by atoms with Crippen LogP contribution in [0.2, 0.25) is 0 Å². The fraction of sp³-hybridized carbons (Fsp3) is 1.00. The SMILES string of the molecule is CCCCCP(=O)([O-])[O-].[Rb+].[Rb+]. The molecule has 0 unspecified atom stereocenters. The summed E-state index contributed by atoms with van der Waals surface area (Å²) >= 11 is 0. The zero-order valence-corrected chi connectivity index (χ0v) is 18.2. The Hall–Kier alpha value is 3.76. The second-order valence-electron chi connectivity index (χ2n) is 2.04. The average Bonchev–Trinajstić information content (AvgIpc) is 1.63. The monoisotopic (exact) mass is 320 g/mol. The Morgan fingerprint density at radius 3 is 1.91 bits per heavy atom. The molecule has 0 aliphatic rings. The fourth-order valence-electron chi connectivity index (χ4n) is 0.555. The Labute approximate surface area is 166 Å². The summed E-state index contributed by atoms with van der Waals surface area (Å²) in [5.41, 5.74) is 0. The Bertz CT molecular complexity index is 114. The van der Waals surface area contributed by atoms with Crippen LogP contribution in [0.15, 0.2) is 0 Å². The van der Waals surface area contributed by atoms with Gasteiger partial charge in [0.1, 0.15) is 0 Å². The minimum Gasteiger partial charge on any atom is -0.811 e. The molecule has 0 N–H and O–H groups in total. The predicted molar refractivity (Wildman–Crippen MR) is 32.0 cm³/mol. The van der Waals surface area contributed by atoms with Gasteiger partial charge < -0.3 is 14.4 Å². The maximum atomic E-state index is 9.98. The molecule has 0 aromatic rings. The van der Waals surface area contributed by atoms with Crippen molar-refractivity contribution in [3.63, 3.8) is 0 Å². The average molecular weight is 321 g/mol. The summed E-state index contributed by atoms with van der Waals surface area (Å²) in [6, 6.07) is 0. The molecule has 0 atom stereocenters. The Morgan fingerprint density at radius 1 is 1.18 bits per heavy atom. The first-order valence-corrected chi connectivity index (χ1v) is 4.80. The second-order valence-corrected chi connectivity index (χ2v) is 3.71. The molecular formula is C5H11O3PRb2. The van der Waals surface area contributed by atoms with Gasteiger partial charge in [-0.15, -0.1) is 0 Å². The van der Waals surface area contributed by atoms with Crippen molar-refractivity contribution >= 4 is 7.60 Å². The maximum Gasteiger partial charge on any atom is 1.00 e. The minimum absolute atomic E-state index is 0. The molecule has 0 heterocycles. The standard InChI is InChI=1S/C5H13O3P.2Rb/c1-2-3-4-5-9(6,7)8;;/h2-5H2,1H3,(H2,6,7,8);;/q;2*+1/p-2. The van der Waals surface area contributed by atoms with Crippen molar-refractivity contribution in [1.29, 1.82) is 0 Å². The first kappa shape index (κ1) is 20.2. The van der Waals surface area contributed by atoms with Gasteiger partial charge in [0.15, 0.2) is 0 Å². The molecule has 0 rings (SSSR count). The van der Waals surface area contributed by atoms with Gasteiger partial charge in [-0.25, -0.2) is 0 Å². The quantitative estimate of drug-likeness (QED) is 0.383. The van der Waals surface area contributed by atoms with E-state index in [9.17, 15) is 14.4 Å². The topological polar surface area (TPSA) is 63.2 Å². The van der Waals surface area contributed by atoms with Crippen LogP contribution in [0.3, 0.4) is 0 Å². The maximum absolute atomic E-state index is 9.98. The first-order valence-electron chi connectivity index (χ1n) is 3.07. The molecule has 0 saturated carbocycles. The zero-order chi connectivity index (χ0) is 7.33. The smallest absolute Gasteiger partial charge is 0.811 e. The Balaban J connectivity index is -0.000000320. The molecular weight excluding hydrogens is 310 g/mol. The van der Waals surface area contributed by atoms with Crippen LogP contribution >= 0.6 is 7.60 Å². The predicted octanol–water partition coefficient (Wildman–Crippen LogP) is -5.90. The number of hydrogen-bond donors (Lipinski definition) is 0. The third kappa shape index (κ3) is 20.0. The minimum atomic E-state index is -4.20. The second kappa shape index (κ2) is 11.8. The van der Waals surface area contributed by atoms with Gasteiger partial charge in [-0.2, -0.15) is 0 Å². The van der Waals surface area contributed by atoms with Crippen molar-refractivity contribution in [2.45, 2.75) is 26.2 Å². The van der Waals surface area contributed by atoms with E-state index in [1.54, 1.807) is 0 Å². The Morgan fingerprint density at radius 2 is 1.64 bits per heavy atom. The molecule has 0 aromatic carbocycles. The molecule has 0 spiro atoms. The van der Waals surface area contributed by atoms with Crippen molar-refractivity contribution in [3.8, 4) is 0 Å². The van der Waals surface area contributed by atoms with Gasteiger partial charge in [0.2, 0.25) is 0 Å². The van der Waals surface area contributed by atoms with E-state index < -0.39 is 7.60 Å². The zero-order valence-electron chi connectivity index (χ0n) is 7.50. The van der Waals surface area contributed by atoms with Crippen molar-refractivity contribution < 1.29 is 131 Å². The van der Waals surface area contributed by atoms with Gasteiger partial charge in [-0.3, -0.25) is 0 Å². The van der Waals surface area contributed by atoms with Crippen molar-refractivity contribution in [3.05, 3.63) is 0 Å². The molecule has 11 heavy (non-hydrogen) atoms. The van der Waals surface area contributed by atoms with Gasteiger partial charge in [-0.05, 0) is 12.6 Å². The molecule has 0 amide bonds. The molecule has 0 saturated heterocycles. The van der Waals surface area contributed by atoms with Crippen LogP contribution in [0, 0.1) is 0 Å². The van der Waals surface area contributed by atoms with Crippen molar-refractivity contribution in [2.75, 3.05) is 6.16 Å². The molecule has 0 radical (unpaired) electrons. The molecule has 0 aliphatic heterocycles. The number of rotatable bonds is 4. The van der Waals surface area contributed by atoms with E-state index >= 15 is 0 Å². The summed E-state index contributed by atoms with van der Waals surface area (Å²) in [5, 5.41) is 0. The molecule has 0 aromatic heterocycles. The van der Waals surface area contributed by atoms with Crippen molar-refractivity contribution in [1.82, 2.24) is 0 Å². The van der Waals surface area contributed by atoms with Gasteiger partial charge in [0.05, 0.1) is 0 Å². The van der Waals surface area contributed by atoms with E-state index in [1.165, 1.54) is 0 Å². The third-order valence-electron chi connectivity index (χ3n) is 1.04. The van der Waals surface area contributed by atoms with E-state index in [4.69, 9.17) is 0 Å². The van der Waals surface area contributed by atoms with Crippen LogP contribution in [-0.2, 0) is 4.57 Å². The summed E-state index contributed by atoms with van der Waals surface area (Å²) in [4.78, 5) is 20.0. The van der Waals surface area contributed by atoms with Crippen molar-refractivity contribution in [2.24, 2.45) is 0 Å². The molecule has 3 nitrogen and oxygen atoms in total. The van der Waals surface area contributed by atoms with E-state index in [2.05, 4.69) is 0 Å². The summed E-state index contributed by atoms with van der Waals surface area (Å²) < 4.78 is 9.98. The largest absolute Gasteiger partial charge is 1.00 e. The molecule has 0 bridgehead atoms. The first-order chi connectivity index (χ1) is 4.06. The fourth-order valence-corrected chi connectivity index (χ4v) is 1.17. The van der Waals surface area contributed by atoms with Gasteiger partial charge in [0, 0.05) is 0 Å². The summed E-state index contributed by atoms with van der Waals surface area (Å²) in [7, 11) is -4.20. The summed E-state index contributed by atoms with van der Waals surface area (Å²) in [6.07, 6.45) is 2.11. The van der Waals surface area contributed by atoms with Crippen LogP contribution in [0.1, 0.15) is 26.2 Å². The van der Waals surface area contributed by atoms with Gasteiger partial charge in [0.25, 0.3) is 0 Å². The van der Waals surface area contributed by atoms with Crippen LogP contribution in [0.4, 0.5) is 0 Å². The molecule has 6 heteroatoms. The van der Waals surface area contributed by atoms with Crippen LogP contribution in [0.5, 0.6) is 0 Å². The van der Waals surface area contributed by atoms with E-state index in [1.807, 2.05) is 6.92 Å².